The van der Waals surface area contributed by atoms with Gasteiger partial charge in [-0.1, -0.05) is 19.9 Å². The molecule has 2 rings (SSSR count). The third-order valence-corrected chi connectivity index (χ3v) is 3.46. The Kier molecular flexibility index (Phi) is 3.29. The maximum absolute atomic E-state index is 5.91. The van der Waals surface area contributed by atoms with Crippen LogP contribution >= 0.6 is 0 Å². The molecule has 2 heterocycles. The van der Waals surface area contributed by atoms with Crippen molar-refractivity contribution in [3.05, 3.63) is 29.6 Å². The summed E-state index contributed by atoms with van der Waals surface area (Å²) >= 11 is 0. The molecule has 0 N–H and O–H groups in total. The van der Waals surface area contributed by atoms with Gasteiger partial charge in [0, 0.05) is 24.1 Å². The Bertz CT molecular complexity index is 336. The first kappa shape index (κ1) is 11.6. The summed E-state index contributed by atoms with van der Waals surface area (Å²) in [4.78, 5) is 4.52. The first-order chi connectivity index (χ1) is 7.62. The fraction of sp³-hybridized carbons (Fsp3) is 0.643. The van der Waals surface area contributed by atoms with Crippen LogP contribution in [-0.4, -0.2) is 11.6 Å². The maximum atomic E-state index is 5.91. The molecule has 1 saturated heterocycles. The van der Waals surface area contributed by atoms with Crippen molar-refractivity contribution in [1.29, 1.82) is 0 Å². The lowest BCUT2D eigenvalue weighted by molar-refractivity contribution is -0.0703. The average Bonchev–Trinajstić information content (AvgIpc) is 2.30. The van der Waals surface area contributed by atoms with Crippen molar-refractivity contribution in [2.24, 2.45) is 0 Å². The van der Waals surface area contributed by atoms with Gasteiger partial charge in [-0.2, -0.15) is 0 Å². The predicted octanol–water partition coefficient (Wildman–Crippen LogP) is 3.62. The highest BCUT2D eigenvalue weighted by molar-refractivity contribution is 5.22. The second-order valence-electron chi connectivity index (χ2n) is 5.16. The summed E-state index contributed by atoms with van der Waals surface area (Å²) in [6.07, 6.45) is 5.53. The van der Waals surface area contributed by atoms with Crippen LogP contribution in [0.15, 0.2) is 18.3 Å². The zero-order valence-corrected chi connectivity index (χ0v) is 10.5. The van der Waals surface area contributed by atoms with E-state index in [4.69, 9.17) is 4.74 Å². The second-order valence-corrected chi connectivity index (χ2v) is 5.16. The van der Waals surface area contributed by atoms with Crippen molar-refractivity contribution >= 4 is 0 Å². The van der Waals surface area contributed by atoms with Crippen LogP contribution in [0.2, 0.25) is 0 Å². The van der Waals surface area contributed by atoms with E-state index in [1.807, 2.05) is 6.20 Å². The summed E-state index contributed by atoms with van der Waals surface area (Å²) in [5.41, 5.74) is 2.26. The fourth-order valence-electron chi connectivity index (χ4n) is 2.22. The number of ether oxygens (including phenoxy) is 1. The van der Waals surface area contributed by atoms with Crippen LogP contribution in [0.5, 0.6) is 0 Å². The molecule has 2 nitrogen and oxygen atoms in total. The molecule has 1 aromatic heterocycles. The van der Waals surface area contributed by atoms with Gasteiger partial charge < -0.3 is 4.74 Å². The fourth-order valence-corrected chi connectivity index (χ4v) is 2.22. The monoisotopic (exact) mass is 219 g/mol. The van der Waals surface area contributed by atoms with Crippen LogP contribution < -0.4 is 0 Å². The van der Waals surface area contributed by atoms with E-state index >= 15 is 0 Å². The molecule has 1 aliphatic heterocycles. The van der Waals surface area contributed by atoms with Gasteiger partial charge in [0.1, 0.15) is 0 Å². The van der Waals surface area contributed by atoms with Crippen LogP contribution in [0.25, 0.3) is 0 Å². The lowest BCUT2D eigenvalue weighted by Gasteiger charge is -2.34. The number of pyridine rings is 1. The summed E-state index contributed by atoms with van der Waals surface area (Å²) in [7, 11) is 0. The Morgan fingerprint density at radius 2 is 2.12 bits per heavy atom. The average molecular weight is 219 g/mol. The van der Waals surface area contributed by atoms with Crippen LogP contribution in [-0.2, 0) is 10.3 Å². The van der Waals surface area contributed by atoms with Gasteiger partial charge in [-0.15, -0.1) is 0 Å². The predicted molar refractivity (Wildman–Crippen MR) is 65.5 cm³/mol. The molecule has 1 atom stereocenters. The molecule has 2 heteroatoms. The summed E-state index contributed by atoms with van der Waals surface area (Å²) in [6.45, 7) is 7.39. The number of aromatic nitrogens is 1. The Hall–Kier alpha value is -0.890. The lowest BCUT2D eigenvalue weighted by atomic mass is 9.89. The van der Waals surface area contributed by atoms with Crippen LogP contribution in [0.1, 0.15) is 57.2 Å². The molecular formula is C14H21NO. The van der Waals surface area contributed by atoms with Gasteiger partial charge in [-0.05, 0) is 38.2 Å². The van der Waals surface area contributed by atoms with E-state index in [2.05, 4.69) is 37.9 Å². The van der Waals surface area contributed by atoms with E-state index < -0.39 is 0 Å². The van der Waals surface area contributed by atoms with Gasteiger partial charge in [0.05, 0.1) is 5.60 Å². The molecular weight excluding hydrogens is 198 g/mol. The number of hydrogen-bond acceptors (Lipinski definition) is 2. The Morgan fingerprint density at radius 1 is 1.31 bits per heavy atom. The molecule has 0 aliphatic carbocycles. The minimum Gasteiger partial charge on any atom is -0.371 e. The Balaban J connectivity index is 2.20. The highest BCUT2D eigenvalue weighted by atomic mass is 16.5. The SMILES string of the molecule is CC(C)c1ccc(C2(C)CCCCO2)cn1. The minimum atomic E-state index is -0.110. The molecule has 0 amide bonds. The topological polar surface area (TPSA) is 22.1 Å². The van der Waals surface area contributed by atoms with Crippen molar-refractivity contribution in [1.82, 2.24) is 4.98 Å². The first-order valence-electron chi connectivity index (χ1n) is 6.22. The van der Waals surface area contributed by atoms with Crippen molar-refractivity contribution in [3.63, 3.8) is 0 Å². The molecule has 1 fully saturated rings. The van der Waals surface area contributed by atoms with E-state index in [1.54, 1.807) is 0 Å². The molecule has 0 aromatic carbocycles. The zero-order valence-electron chi connectivity index (χ0n) is 10.5. The first-order valence-corrected chi connectivity index (χ1v) is 6.22. The lowest BCUT2D eigenvalue weighted by Crippen LogP contribution is -2.30. The molecule has 0 bridgehead atoms. The number of hydrogen-bond donors (Lipinski definition) is 0. The van der Waals surface area contributed by atoms with Crippen LogP contribution in [0.4, 0.5) is 0 Å². The quantitative estimate of drug-likeness (QED) is 0.758. The largest absolute Gasteiger partial charge is 0.371 e. The molecule has 16 heavy (non-hydrogen) atoms. The van der Waals surface area contributed by atoms with Crippen molar-refractivity contribution in [2.45, 2.75) is 51.6 Å². The highest BCUT2D eigenvalue weighted by Gasteiger charge is 2.30. The summed E-state index contributed by atoms with van der Waals surface area (Å²) in [5, 5.41) is 0. The smallest absolute Gasteiger partial charge is 0.0918 e. The van der Waals surface area contributed by atoms with E-state index in [9.17, 15) is 0 Å². The van der Waals surface area contributed by atoms with Gasteiger partial charge >= 0.3 is 0 Å². The molecule has 88 valence electrons. The van der Waals surface area contributed by atoms with Crippen molar-refractivity contribution in [3.8, 4) is 0 Å². The van der Waals surface area contributed by atoms with E-state index in [0.717, 1.165) is 18.7 Å². The normalized spacial score (nSPS) is 26.0. The van der Waals surface area contributed by atoms with Gasteiger partial charge in [0.15, 0.2) is 0 Å². The third kappa shape index (κ3) is 2.27. The molecule has 1 aromatic rings. The van der Waals surface area contributed by atoms with Gasteiger partial charge in [-0.25, -0.2) is 0 Å². The van der Waals surface area contributed by atoms with E-state index in [0.29, 0.717) is 5.92 Å². The highest BCUT2D eigenvalue weighted by Crippen LogP contribution is 2.34. The molecule has 1 unspecified atom stereocenters. The third-order valence-electron chi connectivity index (χ3n) is 3.46. The summed E-state index contributed by atoms with van der Waals surface area (Å²) < 4.78 is 5.91. The Labute approximate surface area is 98.0 Å². The van der Waals surface area contributed by atoms with Crippen LogP contribution in [0.3, 0.4) is 0 Å². The molecule has 0 radical (unpaired) electrons. The second kappa shape index (κ2) is 4.54. The zero-order chi connectivity index (χ0) is 11.6. The number of nitrogens with zero attached hydrogens (tertiary/aromatic N) is 1. The van der Waals surface area contributed by atoms with Crippen LogP contribution in [0, 0.1) is 0 Å². The van der Waals surface area contributed by atoms with Gasteiger partial charge in [-0.3, -0.25) is 4.98 Å². The van der Waals surface area contributed by atoms with Crippen molar-refractivity contribution < 1.29 is 4.74 Å². The molecule has 0 spiro atoms. The van der Waals surface area contributed by atoms with E-state index in [-0.39, 0.29) is 5.60 Å². The molecule has 1 aliphatic rings. The number of rotatable bonds is 2. The summed E-state index contributed by atoms with van der Waals surface area (Å²) in [5.74, 6) is 0.495. The van der Waals surface area contributed by atoms with Gasteiger partial charge in [0.2, 0.25) is 0 Å². The van der Waals surface area contributed by atoms with E-state index in [1.165, 1.54) is 18.4 Å². The summed E-state index contributed by atoms with van der Waals surface area (Å²) in [6, 6.07) is 4.30. The van der Waals surface area contributed by atoms with Gasteiger partial charge in [0.25, 0.3) is 0 Å². The minimum absolute atomic E-state index is 0.110. The standard InChI is InChI=1S/C14H21NO/c1-11(2)13-7-6-12(10-15-13)14(3)8-4-5-9-16-14/h6-7,10-11H,4-5,8-9H2,1-3H3. The molecule has 0 saturated carbocycles. The Morgan fingerprint density at radius 3 is 2.62 bits per heavy atom. The maximum Gasteiger partial charge on any atom is 0.0918 e. The van der Waals surface area contributed by atoms with Crippen molar-refractivity contribution in [2.75, 3.05) is 6.61 Å².